The molecule has 0 spiro atoms. The molecule has 1 atom stereocenters. The van der Waals surface area contributed by atoms with Crippen LogP contribution in [0.4, 0.5) is 0 Å². The number of carboxylic acid groups (broad SMARTS) is 1. The number of hydrogen-bond donors (Lipinski definition) is 3. The van der Waals surface area contributed by atoms with Gasteiger partial charge in [-0.3, -0.25) is 9.69 Å². The Bertz CT molecular complexity index is 541. The predicted molar refractivity (Wildman–Crippen MR) is 82.2 cm³/mol. The third kappa shape index (κ3) is 4.75. The highest BCUT2D eigenvalue weighted by molar-refractivity contribution is 5.77. The normalized spacial score (nSPS) is 19.0. The summed E-state index contributed by atoms with van der Waals surface area (Å²) in [5, 5.41) is 18.9. The van der Waals surface area contributed by atoms with E-state index in [9.17, 15) is 14.7 Å². The predicted octanol–water partition coefficient (Wildman–Crippen LogP) is 0.316. The molecule has 7 nitrogen and oxygen atoms in total. The lowest BCUT2D eigenvalue weighted by Gasteiger charge is -2.38. The fourth-order valence-corrected chi connectivity index (χ4v) is 2.54. The molecule has 0 amide bonds. The summed E-state index contributed by atoms with van der Waals surface area (Å²) in [5.74, 6) is -1.62. The van der Waals surface area contributed by atoms with E-state index < -0.39 is 23.7 Å². The van der Waals surface area contributed by atoms with Gasteiger partial charge >= 0.3 is 11.9 Å². The Morgan fingerprint density at radius 2 is 1.87 bits per heavy atom. The highest BCUT2D eigenvalue weighted by Crippen LogP contribution is 2.23. The Morgan fingerprint density at radius 3 is 2.43 bits per heavy atom. The van der Waals surface area contributed by atoms with Crippen LogP contribution in [0, 0.1) is 0 Å². The zero-order valence-electron chi connectivity index (χ0n) is 12.9. The van der Waals surface area contributed by atoms with E-state index in [2.05, 4.69) is 0 Å². The Labute approximate surface area is 134 Å². The molecule has 23 heavy (non-hydrogen) atoms. The molecule has 1 fully saturated rings. The zero-order valence-corrected chi connectivity index (χ0v) is 12.9. The van der Waals surface area contributed by atoms with E-state index in [0.717, 1.165) is 5.56 Å². The number of carbonyl (C=O) groups excluding carboxylic acids is 1. The number of piperidine rings is 1. The van der Waals surface area contributed by atoms with Crippen molar-refractivity contribution >= 4 is 11.9 Å². The standard InChI is InChI=1S/C16H22N2O5/c17-13(18-8-6-16(22,7-9-18)15(20)21)10-14(19)23-11-12-4-2-1-3-5-12/h1-5,13,22H,6-11,17H2,(H,20,21). The maximum absolute atomic E-state index is 11.8. The molecule has 1 aliphatic rings. The minimum atomic E-state index is -1.69. The quantitative estimate of drug-likeness (QED) is 0.646. The highest BCUT2D eigenvalue weighted by Gasteiger charge is 2.40. The Balaban J connectivity index is 1.75. The van der Waals surface area contributed by atoms with Crippen LogP contribution in [-0.4, -0.2) is 51.9 Å². The van der Waals surface area contributed by atoms with E-state index in [4.69, 9.17) is 15.6 Å². The van der Waals surface area contributed by atoms with E-state index in [1.165, 1.54) is 0 Å². The average Bonchev–Trinajstić information content (AvgIpc) is 2.54. The van der Waals surface area contributed by atoms with E-state index in [1.807, 2.05) is 30.3 Å². The fourth-order valence-electron chi connectivity index (χ4n) is 2.54. The van der Waals surface area contributed by atoms with Crippen LogP contribution in [0.1, 0.15) is 24.8 Å². The van der Waals surface area contributed by atoms with Crippen LogP contribution in [0.25, 0.3) is 0 Å². The number of nitrogens with two attached hydrogens (primary N) is 1. The second kappa shape index (κ2) is 7.54. The molecule has 0 saturated carbocycles. The number of rotatable bonds is 6. The molecule has 0 aliphatic carbocycles. The molecule has 7 heteroatoms. The van der Waals surface area contributed by atoms with Crippen LogP contribution >= 0.6 is 0 Å². The molecular weight excluding hydrogens is 300 g/mol. The summed E-state index contributed by atoms with van der Waals surface area (Å²) >= 11 is 0. The number of aliphatic hydroxyl groups is 1. The molecule has 4 N–H and O–H groups in total. The Morgan fingerprint density at radius 1 is 1.26 bits per heavy atom. The van der Waals surface area contributed by atoms with Gasteiger partial charge in [-0.15, -0.1) is 0 Å². The van der Waals surface area contributed by atoms with Crippen LogP contribution in [0.5, 0.6) is 0 Å². The minimum absolute atomic E-state index is 0.0261. The van der Waals surface area contributed by atoms with Crippen molar-refractivity contribution in [1.82, 2.24) is 4.90 Å². The monoisotopic (exact) mass is 322 g/mol. The van der Waals surface area contributed by atoms with Crippen LogP contribution in [-0.2, 0) is 20.9 Å². The van der Waals surface area contributed by atoms with Crippen LogP contribution in [0.2, 0.25) is 0 Å². The lowest BCUT2D eigenvalue weighted by molar-refractivity contribution is -0.164. The van der Waals surface area contributed by atoms with Crippen molar-refractivity contribution in [3.05, 3.63) is 35.9 Å². The number of carboxylic acids is 1. The Hall–Kier alpha value is -1.96. The summed E-state index contributed by atoms with van der Waals surface area (Å²) in [7, 11) is 0. The van der Waals surface area contributed by atoms with E-state index in [0.29, 0.717) is 13.1 Å². The van der Waals surface area contributed by atoms with Crippen molar-refractivity contribution in [3.8, 4) is 0 Å². The molecule has 1 aromatic carbocycles. The van der Waals surface area contributed by atoms with Gasteiger partial charge in [-0.25, -0.2) is 4.79 Å². The fraction of sp³-hybridized carbons (Fsp3) is 0.500. The maximum Gasteiger partial charge on any atom is 0.335 e. The number of nitrogens with zero attached hydrogens (tertiary/aromatic N) is 1. The maximum atomic E-state index is 11.8. The molecule has 1 heterocycles. The number of carbonyl (C=O) groups is 2. The first-order valence-electron chi connectivity index (χ1n) is 7.56. The van der Waals surface area contributed by atoms with Crippen molar-refractivity contribution in [2.45, 2.75) is 37.6 Å². The SMILES string of the molecule is NC(CC(=O)OCc1ccccc1)N1CCC(O)(C(=O)O)CC1. The first-order valence-corrected chi connectivity index (χ1v) is 7.56. The number of likely N-dealkylation sites (tertiary alicyclic amines) is 1. The van der Waals surface area contributed by atoms with Gasteiger partial charge in [0.05, 0.1) is 12.6 Å². The molecule has 2 rings (SSSR count). The summed E-state index contributed by atoms with van der Waals surface area (Å²) in [4.78, 5) is 24.6. The second-order valence-electron chi connectivity index (χ2n) is 5.79. The van der Waals surface area contributed by atoms with Gasteiger partial charge in [0.2, 0.25) is 0 Å². The largest absolute Gasteiger partial charge is 0.479 e. The summed E-state index contributed by atoms with van der Waals surface area (Å²) in [5.41, 5.74) is 5.19. The van der Waals surface area contributed by atoms with Crippen molar-refractivity contribution in [3.63, 3.8) is 0 Å². The lowest BCUT2D eigenvalue weighted by atomic mass is 9.91. The summed E-state index contributed by atoms with van der Waals surface area (Å²) < 4.78 is 5.18. The zero-order chi connectivity index (χ0) is 16.9. The highest BCUT2D eigenvalue weighted by atomic mass is 16.5. The molecule has 1 unspecified atom stereocenters. The van der Waals surface area contributed by atoms with Crippen molar-refractivity contribution in [2.75, 3.05) is 13.1 Å². The van der Waals surface area contributed by atoms with Gasteiger partial charge in [0.15, 0.2) is 5.60 Å². The summed E-state index contributed by atoms with van der Waals surface area (Å²) in [6, 6.07) is 9.35. The smallest absolute Gasteiger partial charge is 0.335 e. The van der Waals surface area contributed by atoms with Crippen LogP contribution in [0.15, 0.2) is 30.3 Å². The first-order chi connectivity index (χ1) is 10.9. The van der Waals surface area contributed by atoms with Gasteiger partial charge < -0.3 is 20.7 Å². The number of benzene rings is 1. The van der Waals surface area contributed by atoms with Crippen LogP contribution in [0.3, 0.4) is 0 Å². The summed E-state index contributed by atoms with van der Waals surface area (Å²) in [6.45, 7) is 0.858. The van der Waals surface area contributed by atoms with Crippen molar-refractivity contribution in [1.29, 1.82) is 0 Å². The minimum Gasteiger partial charge on any atom is -0.479 e. The first kappa shape index (κ1) is 17.4. The van der Waals surface area contributed by atoms with Crippen molar-refractivity contribution in [2.24, 2.45) is 5.73 Å². The molecule has 126 valence electrons. The van der Waals surface area contributed by atoms with Crippen LogP contribution < -0.4 is 5.73 Å². The molecule has 1 saturated heterocycles. The molecule has 1 aromatic rings. The molecule has 0 aromatic heterocycles. The third-order valence-corrected chi connectivity index (χ3v) is 4.11. The molecule has 1 aliphatic heterocycles. The molecule has 0 bridgehead atoms. The summed E-state index contributed by atoms with van der Waals surface area (Å²) in [6.07, 6.45) is -0.334. The molecular formula is C16H22N2O5. The Kier molecular flexibility index (Phi) is 5.70. The number of ether oxygens (including phenoxy) is 1. The van der Waals surface area contributed by atoms with Gasteiger partial charge in [0, 0.05) is 13.1 Å². The van der Waals surface area contributed by atoms with Gasteiger partial charge in [0.25, 0.3) is 0 Å². The third-order valence-electron chi connectivity index (χ3n) is 4.11. The second-order valence-corrected chi connectivity index (χ2v) is 5.79. The van der Waals surface area contributed by atoms with Gasteiger partial charge in [-0.1, -0.05) is 30.3 Å². The van der Waals surface area contributed by atoms with Gasteiger partial charge in [0.1, 0.15) is 6.61 Å². The number of hydrogen-bond acceptors (Lipinski definition) is 6. The van der Waals surface area contributed by atoms with Crippen molar-refractivity contribution < 1.29 is 24.5 Å². The van der Waals surface area contributed by atoms with E-state index >= 15 is 0 Å². The number of aliphatic carboxylic acids is 1. The number of esters is 1. The van der Waals surface area contributed by atoms with Gasteiger partial charge in [-0.05, 0) is 18.4 Å². The topological polar surface area (TPSA) is 113 Å². The van der Waals surface area contributed by atoms with E-state index in [1.54, 1.807) is 4.90 Å². The lowest BCUT2D eigenvalue weighted by Crippen LogP contribution is -2.54. The van der Waals surface area contributed by atoms with Gasteiger partial charge in [-0.2, -0.15) is 0 Å². The average molecular weight is 322 g/mol. The van der Waals surface area contributed by atoms with E-state index in [-0.39, 0.29) is 25.9 Å². The molecule has 0 radical (unpaired) electrons.